The summed E-state index contributed by atoms with van der Waals surface area (Å²) in [5.41, 5.74) is 3.72. The van der Waals surface area contributed by atoms with Crippen LogP contribution in [-0.2, 0) is 0 Å². The Labute approximate surface area is 142 Å². The van der Waals surface area contributed by atoms with Crippen LogP contribution in [0.4, 0.5) is 11.5 Å². The lowest BCUT2D eigenvalue weighted by atomic mass is 10.2. The summed E-state index contributed by atoms with van der Waals surface area (Å²) in [5.74, 6) is -0.400. The minimum Gasteiger partial charge on any atom is -0.478 e. The van der Waals surface area contributed by atoms with Crippen molar-refractivity contribution >= 4 is 34.0 Å². The van der Waals surface area contributed by atoms with Crippen LogP contribution in [-0.4, -0.2) is 20.5 Å². The zero-order valence-electron chi connectivity index (χ0n) is 13.0. The first-order valence-electron chi connectivity index (χ1n) is 7.57. The van der Waals surface area contributed by atoms with E-state index in [0.717, 1.165) is 16.7 Å². The highest BCUT2D eigenvalue weighted by molar-refractivity contribution is 5.94. The fourth-order valence-corrected chi connectivity index (χ4v) is 2.81. The Morgan fingerprint density at radius 1 is 1.12 bits per heavy atom. The molecule has 2 aromatic carbocycles. The van der Waals surface area contributed by atoms with Crippen molar-refractivity contribution < 1.29 is 9.90 Å². The lowest BCUT2D eigenvalue weighted by Crippen LogP contribution is -2.01. The topological polar surface area (TPSA) is 90.4 Å². The second-order valence-corrected chi connectivity index (χ2v) is 5.55. The van der Waals surface area contributed by atoms with Crippen LogP contribution in [0, 0.1) is 11.3 Å². The minimum atomic E-state index is -0.993. The van der Waals surface area contributed by atoms with Crippen molar-refractivity contribution in [2.45, 2.75) is 0 Å². The molecule has 2 heterocycles. The molecule has 0 fully saturated rings. The summed E-state index contributed by atoms with van der Waals surface area (Å²) in [6.45, 7) is 0. The molecule has 0 atom stereocenters. The molecule has 6 nitrogen and oxygen atoms in total. The molecule has 120 valence electrons. The Morgan fingerprint density at radius 3 is 2.80 bits per heavy atom. The van der Waals surface area contributed by atoms with Crippen LogP contribution < -0.4 is 5.32 Å². The molecule has 0 bridgehead atoms. The summed E-state index contributed by atoms with van der Waals surface area (Å²) in [5, 5.41) is 21.5. The molecule has 4 rings (SSSR count). The van der Waals surface area contributed by atoms with Crippen molar-refractivity contribution in [1.29, 1.82) is 5.26 Å². The highest BCUT2D eigenvalue weighted by Gasteiger charge is 2.11. The summed E-state index contributed by atoms with van der Waals surface area (Å²) in [6.07, 6.45) is 1.90. The second kappa shape index (κ2) is 5.65. The van der Waals surface area contributed by atoms with Crippen LogP contribution in [0.25, 0.3) is 16.6 Å². The van der Waals surface area contributed by atoms with E-state index in [-0.39, 0.29) is 5.56 Å². The smallest absolute Gasteiger partial charge is 0.335 e. The standard InChI is InChI=1S/C19H12N4O2/c20-11-12-3-1-4-14(9-12)21-18-17-5-2-8-23(17)16-7-6-13(19(24)25)10-15(16)22-18/h1-10H,(H,21,22)(H,24,25). The number of nitrogens with one attached hydrogen (secondary N) is 1. The second-order valence-electron chi connectivity index (χ2n) is 5.55. The maximum absolute atomic E-state index is 11.2. The van der Waals surface area contributed by atoms with Gasteiger partial charge < -0.3 is 14.8 Å². The predicted octanol–water partition coefficient (Wildman–Crippen LogP) is 3.80. The molecular formula is C19H12N4O2. The first-order valence-corrected chi connectivity index (χ1v) is 7.57. The van der Waals surface area contributed by atoms with E-state index in [9.17, 15) is 9.90 Å². The number of fused-ring (bicyclic) bond motifs is 3. The average Bonchev–Trinajstić information content (AvgIpc) is 3.12. The summed E-state index contributed by atoms with van der Waals surface area (Å²) < 4.78 is 1.95. The molecule has 25 heavy (non-hydrogen) atoms. The number of aromatic carboxylic acids is 1. The average molecular weight is 328 g/mol. The molecule has 0 aliphatic heterocycles. The van der Waals surface area contributed by atoms with Gasteiger partial charge in [-0.15, -0.1) is 0 Å². The van der Waals surface area contributed by atoms with Gasteiger partial charge in [0.1, 0.15) is 0 Å². The van der Waals surface area contributed by atoms with E-state index < -0.39 is 5.97 Å². The number of benzene rings is 2. The largest absolute Gasteiger partial charge is 0.478 e. The Kier molecular flexibility index (Phi) is 3.33. The van der Waals surface area contributed by atoms with Gasteiger partial charge in [0.15, 0.2) is 5.82 Å². The van der Waals surface area contributed by atoms with Crippen LogP contribution in [0.2, 0.25) is 0 Å². The van der Waals surface area contributed by atoms with Gasteiger partial charge in [-0.2, -0.15) is 5.26 Å². The van der Waals surface area contributed by atoms with E-state index in [1.807, 2.05) is 28.8 Å². The Bertz CT molecular complexity index is 1170. The van der Waals surface area contributed by atoms with Crippen LogP contribution in [0.1, 0.15) is 15.9 Å². The fourth-order valence-electron chi connectivity index (χ4n) is 2.81. The molecule has 0 unspecified atom stereocenters. The summed E-state index contributed by atoms with van der Waals surface area (Å²) in [4.78, 5) is 15.8. The number of anilines is 2. The van der Waals surface area contributed by atoms with E-state index in [2.05, 4.69) is 16.4 Å². The normalized spacial score (nSPS) is 10.7. The molecule has 2 N–H and O–H groups in total. The van der Waals surface area contributed by atoms with Gasteiger partial charge in [-0.25, -0.2) is 9.78 Å². The summed E-state index contributed by atoms with van der Waals surface area (Å²) in [6, 6.07) is 17.9. The van der Waals surface area contributed by atoms with Crippen LogP contribution in [0.5, 0.6) is 0 Å². The number of hydrogen-bond donors (Lipinski definition) is 2. The van der Waals surface area contributed by atoms with E-state index in [4.69, 9.17) is 5.26 Å². The zero-order chi connectivity index (χ0) is 17.4. The molecule has 0 saturated heterocycles. The lowest BCUT2D eigenvalue weighted by molar-refractivity contribution is 0.0697. The van der Waals surface area contributed by atoms with Crippen molar-refractivity contribution in [2.75, 3.05) is 5.32 Å². The molecule has 2 aromatic heterocycles. The monoisotopic (exact) mass is 328 g/mol. The molecule has 4 aromatic rings. The molecule has 0 saturated carbocycles. The first-order chi connectivity index (χ1) is 12.2. The quantitative estimate of drug-likeness (QED) is 0.597. The zero-order valence-corrected chi connectivity index (χ0v) is 13.0. The number of aromatic nitrogens is 2. The summed E-state index contributed by atoms with van der Waals surface area (Å²) in [7, 11) is 0. The number of hydrogen-bond acceptors (Lipinski definition) is 4. The van der Waals surface area contributed by atoms with Gasteiger partial charge in [-0.3, -0.25) is 0 Å². The van der Waals surface area contributed by atoms with E-state index in [1.54, 1.807) is 36.4 Å². The van der Waals surface area contributed by atoms with E-state index in [0.29, 0.717) is 16.9 Å². The van der Waals surface area contributed by atoms with E-state index >= 15 is 0 Å². The van der Waals surface area contributed by atoms with Gasteiger partial charge in [0, 0.05) is 11.9 Å². The van der Waals surface area contributed by atoms with Crippen molar-refractivity contribution in [3.8, 4) is 6.07 Å². The van der Waals surface area contributed by atoms with Gasteiger partial charge >= 0.3 is 5.97 Å². The fraction of sp³-hybridized carbons (Fsp3) is 0. The van der Waals surface area contributed by atoms with Crippen molar-refractivity contribution in [1.82, 2.24) is 9.38 Å². The molecule has 0 radical (unpaired) electrons. The number of rotatable bonds is 3. The number of carboxylic acid groups (broad SMARTS) is 1. The third kappa shape index (κ3) is 2.54. The number of nitrogens with zero attached hydrogens (tertiary/aromatic N) is 3. The molecule has 6 heteroatoms. The molecule has 0 aliphatic carbocycles. The molecule has 0 spiro atoms. The maximum atomic E-state index is 11.2. The van der Waals surface area contributed by atoms with Gasteiger partial charge in [-0.1, -0.05) is 6.07 Å². The van der Waals surface area contributed by atoms with Gasteiger partial charge in [-0.05, 0) is 48.5 Å². The Balaban J connectivity index is 1.90. The number of carbonyl (C=O) groups is 1. The van der Waals surface area contributed by atoms with Gasteiger partial charge in [0.05, 0.1) is 33.7 Å². The van der Waals surface area contributed by atoms with Crippen LogP contribution >= 0.6 is 0 Å². The van der Waals surface area contributed by atoms with Crippen molar-refractivity contribution in [2.24, 2.45) is 0 Å². The predicted molar refractivity (Wildman–Crippen MR) is 94.1 cm³/mol. The first kappa shape index (κ1) is 14.7. The van der Waals surface area contributed by atoms with Gasteiger partial charge in [0.25, 0.3) is 0 Å². The molecule has 0 aliphatic rings. The third-order valence-electron chi connectivity index (χ3n) is 3.96. The van der Waals surface area contributed by atoms with Gasteiger partial charge in [0.2, 0.25) is 0 Å². The number of nitriles is 1. The lowest BCUT2D eigenvalue weighted by Gasteiger charge is -2.11. The van der Waals surface area contributed by atoms with Crippen LogP contribution in [0.15, 0.2) is 60.8 Å². The minimum absolute atomic E-state index is 0.184. The van der Waals surface area contributed by atoms with Crippen molar-refractivity contribution in [3.05, 3.63) is 71.9 Å². The third-order valence-corrected chi connectivity index (χ3v) is 3.96. The molecular weight excluding hydrogens is 316 g/mol. The Hall–Kier alpha value is -3.85. The Morgan fingerprint density at radius 2 is 2.00 bits per heavy atom. The van der Waals surface area contributed by atoms with Crippen LogP contribution in [0.3, 0.4) is 0 Å². The molecule has 0 amide bonds. The van der Waals surface area contributed by atoms with E-state index in [1.165, 1.54) is 0 Å². The number of carboxylic acids is 1. The highest BCUT2D eigenvalue weighted by Crippen LogP contribution is 2.26. The highest BCUT2D eigenvalue weighted by atomic mass is 16.4. The maximum Gasteiger partial charge on any atom is 0.335 e. The SMILES string of the molecule is N#Cc1cccc(Nc2nc3cc(C(=O)O)ccc3n3cccc23)c1. The summed E-state index contributed by atoms with van der Waals surface area (Å²) >= 11 is 0. The van der Waals surface area contributed by atoms with Crippen molar-refractivity contribution in [3.63, 3.8) is 0 Å².